The van der Waals surface area contributed by atoms with E-state index in [9.17, 15) is 13.5 Å². The Morgan fingerprint density at radius 2 is 1.92 bits per heavy atom. The average Bonchev–Trinajstić information content (AvgIpc) is 2.52. The number of rotatable bonds is 1. The third-order valence-electron chi connectivity index (χ3n) is 4.07. The van der Waals surface area contributed by atoms with Gasteiger partial charge in [0.25, 0.3) is 0 Å². The van der Waals surface area contributed by atoms with Crippen molar-refractivity contribution in [3.05, 3.63) is 0 Å². The Labute approximate surface area is 80.1 Å². The van der Waals surface area contributed by atoms with Crippen molar-refractivity contribution in [1.82, 2.24) is 0 Å². The van der Waals surface area contributed by atoms with Gasteiger partial charge in [0.1, 0.15) is 10.7 Å². The van der Waals surface area contributed by atoms with Crippen molar-refractivity contribution < 1.29 is 13.5 Å². The zero-order chi connectivity index (χ0) is 9.80. The predicted molar refractivity (Wildman–Crippen MR) is 50.1 cm³/mol. The molecule has 4 heteroatoms. The molecule has 3 nitrogen and oxygen atoms in total. The van der Waals surface area contributed by atoms with Crippen LogP contribution in [0.25, 0.3) is 0 Å². The Bertz CT molecular complexity index is 283. The minimum atomic E-state index is -2.34. The summed E-state index contributed by atoms with van der Waals surface area (Å²) in [4.78, 5) is 0. The summed E-state index contributed by atoms with van der Waals surface area (Å²) < 4.78 is 21.7. The standard InChI is InChI=1S/C9H16O3S/c1-9(2)5-3-6(8(9)10)7(4-5)13(11)12/h5-8,10,13H,3-4H2,1-2H3. The van der Waals surface area contributed by atoms with Crippen LogP contribution >= 0.6 is 0 Å². The molecule has 0 spiro atoms. The molecule has 2 fully saturated rings. The highest BCUT2D eigenvalue weighted by atomic mass is 32.2. The van der Waals surface area contributed by atoms with Crippen molar-refractivity contribution in [3.8, 4) is 0 Å². The van der Waals surface area contributed by atoms with Gasteiger partial charge in [0.15, 0.2) is 0 Å². The first kappa shape index (κ1) is 9.46. The van der Waals surface area contributed by atoms with Crippen molar-refractivity contribution in [2.75, 3.05) is 0 Å². The van der Waals surface area contributed by atoms with Gasteiger partial charge in [0, 0.05) is 5.92 Å². The van der Waals surface area contributed by atoms with Crippen LogP contribution in [-0.4, -0.2) is 24.9 Å². The van der Waals surface area contributed by atoms with Crippen LogP contribution in [-0.2, 0) is 10.7 Å². The molecule has 4 atom stereocenters. The van der Waals surface area contributed by atoms with Crippen molar-refractivity contribution in [1.29, 1.82) is 0 Å². The number of aliphatic hydroxyl groups excluding tert-OH is 1. The Kier molecular flexibility index (Phi) is 1.97. The summed E-state index contributed by atoms with van der Waals surface area (Å²) >= 11 is 0. The summed E-state index contributed by atoms with van der Waals surface area (Å²) in [5.74, 6) is 0.395. The minimum Gasteiger partial charge on any atom is -0.392 e. The Morgan fingerprint density at radius 1 is 1.31 bits per heavy atom. The van der Waals surface area contributed by atoms with E-state index in [0.29, 0.717) is 5.92 Å². The second-order valence-electron chi connectivity index (χ2n) is 4.95. The highest BCUT2D eigenvalue weighted by molar-refractivity contribution is 7.73. The molecule has 0 aromatic carbocycles. The van der Waals surface area contributed by atoms with E-state index in [1.54, 1.807) is 0 Å². The molecule has 0 saturated heterocycles. The van der Waals surface area contributed by atoms with Crippen molar-refractivity contribution >= 4 is 10.7 Å². The molecule has 2 aliphatic rings. The molecular formula is C9H16O3S. The lowest BCUT2D eigenvalue weighted by Crippen LogP contribution is -2.41. The second-order valence-corrected chi connectivity index (χ2v) is 6.19. The van der Waals surface area contributed by atoms with Gasteiger partial charge in [0.05, 0.1) is 11.4 Å². The lowest BCUT2D eigenvalue weighted by Gasteiger charge is -2.36. The third-order valence-corrected chi connectivity index (χ3v) is 5.20. The summed E-state index contributed by atoms with van der Waals surface area (Å²) in [6.45, 7) is 4.08. The molecule has 13 heavy (non-hydrogen) atoms. The fraction of sp³-hybridized carbons (Fsp3) is 1.00. The maximum Gasteiger partial charge on any atom is 0.143 e. The van der Waals surface area contributed by atoms with E-state index in [2.05, 4.69) is 0 Å². The highest BCUT2D eigenvalue weighted by Crippen LogP contribution is 2.56. The molecule has 0 heterocycles. The van der Waals surface area contributed by atoms with Crippen LogP contribution in [0.4, 0.5) is 0 Å². The zero-order valence-corrected chi connectivity index (χ0v) is 8.83. The molecule has 0 aromatic rings. The van der Waals surface area contributed by atoms with Gasteiger partial charge >= 0.3 is 0 Å². The van der Waals surface area contributed by atoms with Gasteiger partial charge < -0.3 is 5.11 Å². The smallest absolute Gasteiger partial charge is 0.143 e. The van der Waals surface area contributed by atoms with Gasteiger partial charge in [0.2, 0.25) is 0 Å². The van der Waals surface area contributed by atoms with Crippen molar-refractivity contribution in [2.45, 2.75) is 38.0 Å². The van der Waals surface area contributed by atoms with Crippen LogP contribution < -0.4 is 0 Å². The Hall–Kier alpha value is -0.0900. The van der Waals surface area contributed by atoms with E-state index >= 15 is 0 Å². The molecule has 0 aromatic heterocycles. The molecule has 76 valence electrons. The predicted octanol–water partition coefficient (Wildman–Crippen LogP) is 0.393. The summed E-state index contributed by atoms with van der Waals surface area (Å²) in [6, 6.07) is 0. The molecule has 0 radical (unpaired) electrons. The SMILES string of the molecule is CC1(C)C2CC(C([SH](=O)=O)C2)C1O. The lowest BCUT2D eigenvalue weighted by molar-refractivity contribution is 0.00620. The van der Waals surface area contributed by atoms with E-state index < -0.39 is 16.8 Å². The summed E-state index contributed by atoms with van der Waals surface area (Å²) in [7, 11) is -2.34. The van der Waals surface area contributed by atoms with E-state index in [4.69, 9.17) is 0 Å². The molecule has 0 aliphatic heterocycles. The molecule has 2 aliphatic carbocycles. The molecule has 0 amide bonds. The topological polar surface area (TPSA) is 54.4 Å². The Morgan fingerprint density at radius 3 is 2.31 bits per heavy atom. The van der Waals surface area contributed by atoms with Crippen LogP contribution in [0.5, 0.6) is 0 Å². The molecular weight excluding hydrogens is 188 g/mol. The molecule has 1 N–H and O–H groups in total. The number of hydrogen-bond acceptors (Lipinski definition) is 3. The molecule has 2 saturated carbocycles. The Balaban J connectivity index is 2.27. The summed E-state index contributed by atoms with van der Waals surface area (Å²) in [6.07, 6.45) is 1.22. The van der Waals surface area contributed by atoms with E-state index in [1.165, 1.54) is 0 Å². The van der Waals surface area contributed by atoms with E-state index in [0.717, 1.165) is 12.8 Å². The van der Waals surface area contributed by atoms with Crippen molar-refractivity contribution in [2.24, 2.45) is 17.3 Å². The average molecular weight is 204 g/mol. The van der Waals surface area contributed by atoms with Crippen LogP contribution in [0.15, 0.2) is 0 Å². The third kappa shape index (κ3) is 1.15. The maximum absolute atomic E-state index is 10.9. The van der Waals surface area contributed by atoms with Gasteiger partial charge in [-0.2, -0.15) is 0 Å². The monoisotopic (exact) mass is 204 g/mol. The molecule has 4 unspecified atom stereocenters. The van der Waals surface area contributed by atoms with Gasteiger partial charge in [-0.1, -0.05) is 13.8 Å². The summed E-state index contributed by atoms with van der Waals surface area (Å²) in [5.41, 5.74) is -0.0769. The zero-order valence-electron chi connectivity index (χ0n) is 7.93. The van der Waals surface area contributed by atoms with Gasteiger partial charge in [-0.25, -0.2) is 8.42 Å². The number of hydrogen-bond donors (Lipinski definition) is 2. The van der Waals surface area contributed by atoms with Crippen LogP contribution in [0, 0.1) is 17.3 Å². The van der Waals surface area contributed by atoms with Crippen LogP contribution in [0.1, 0.15) is 26.7 Å². The van der Waals surface area contributed by atoms with E-state index in [-0.39, 0.29) is 16.6 Å². The van der Waals surface area contributed by atoms with Crippen LogP contribution in [0.2, 0.25) is 0 Å². The van der Waals surface area contributed by atoms with Crippen LogP contribution in [0.3, 0.4) is 0 Å². The first-order valence-corrected chi connectivity index (χ1v) is 6.01. The fourth-order valence-electron chi connectivity index (χ4n) is 3.03. The first-order chi connectivity index (χ1) is 5.94. The minimum absolute atomic E-state index is 0.00103. The first-order valence-electron chi connectivity index (χ1n) is 4.76. The van der Waals surface area contributed by atoms with Gasteiger partial charge in [-0.3, -0.25) is 0 Å². The summed E-state index contributed by atoms with van der Waals surface area (Å²) in [5, 5.41) is 9.64. The van der Waals surface area contributed by atoms with Crippen molar-refractivity contribution in [3.63, 3.8) is 0 Å². The number of fused-ring (bicyclic) bond motifs is 2. The van der Waals surface area contributed by atoms with Gasteiger partial charge in [-0.15, -0.1) is 0 Å². The molecule has 2 rings (SSSR count). The largest absolute Gasteiger partial charge is 0.392 e. The highest BCUT2D eigenvalue weighted by Gasteiger charge is 2.57. The normalized spacial score (nSPS) is 47.4. The number of thiol groups is 1. The quantitative estimate of drug-likeness (QED) is 0.608. The maximum atomic E-state index is 10.9. The lowest BCUT2D eigenvalue weighted by atomic mass is 9.74. The van der Waals surface area contributed by atoms with E-state index in [1.807, 2.05) is 13.8 Å². The number of aliphatic hydroxyl groups is 1. The van der Waals surface area contributed by atoms with Gasteiger partial charge in [-0.05, 0) is 24.2 Å². The molecule has 2 bridgehead atoms. The second kappa shape index (κ2) is 2.70. The fourth-order valence-corrected chi connectivity index (χ4v) is 4.05.